The van der Waals surface area contributed by atoms with Crippen molar-refractivity contribution in [2.75, 3.05) is 5.32 Å². The van der Waals surface area contributed by atoms with Crippen molar-refractivity contribution in [2.24, 2.45) is 0 Å². The lowest BCUT2D eigenvalue weighted by Gasteiger charge is -2.15. The number of benzene rings is 8. The molecule has 1 unspecified atom stereocenters. The van der Waals surface area contributed by atoms with Crippen LogP contribution in [-0.4, -0.2) is 9.13 Å². The Labute approximate surface area is 318 Å². The van der Waals surface area contributed by atoms with Crippen LogP contribution in [-0.2, 0) is 6.42 Å². The molecule has 4 nitrogen and oxygen atoms in total. The van der Waals surface area contributed by atoms with Gasteiger partial charge in [-0.2, -0.15) is 0 Å². The molecule has 0 fully saturated rings. The van der Waals surface area contributed by atoms with Crippen molar-refractivity contribution in [2.45, 2.75) is 19.1 Å². The van der Waals surface area contributed by atoms with Crippen LogP contribution < -0.4 is 10.1 Å². The minimum Gasteiger partial charge on any atom is -0.464 e. The van der Waals surface area contributed by atoms with E-state index in [1.54, 1.807) is 0 Å². The zero-order valence-corrected chi connectivity index (χ0v) is 30.0. The highest BCUT2D eigenvalue weighted by Gasteiger charge is 2.26. The predicted octanol–water partition coefficient (Wildman–Crippen LogP) is 13.2. The van der Waals surface area contributed by atoms with E-state index in [-0.39, 0.29) is 6.23 Å². The van der Waals surface area contributed by atoms with Gasteiger partial charge >= 0.3 is 0 Å². The second-order valence-electron chi connectivity index (χ2n) is 14.9. The third-order valence-electron chi connectivity index (χ3n) is 11.8. The molecule has 55 heavy (non-hydrogen) atoms. The van der Waals surface area contributed by atoms with Gasteiger partial charge in [-0.05, 0) is 101 Å². The van der Waals surface area contributed by atoms with Crippen molar-refractivity contribution in [3.8, 4) is 28.3 Å². The maximum absolute atomic E-state index is 6.64. The maximum Gasteiger partial charge on any atom is 0.196 e. The summed E-state index contributed by atoms with van der Waals surface area (Å²) in [5, 5.41) is 12.2. The number of hydrogen-bond acceptors (Lipinski definition) is 2. The summed E-state index contributed by atoms with van der Waals surface area (Å²) in [6.07, 6.45) is 6.50. The highest BCUT2D eigenvalue weighted by atomic mass is 16.5. The predicted molar refractivity (Wildman–Crippen MR) is 229 cm³/mol. The number of aromatic nitrogens is 2. The molecule has 8 aromatic carbocycles. The number of rotatable bonds is 4. The molecular formula is C51H35N3O. The summed E-state index contributed by atoms with van der Waals surface area (Å²) < 4.78 is 11.5. The van der Waals surface area contributed by atoms with Gasteiger partial charge in [0.25, 0.3) is 0 Å². The van der Waals surface area contributed by atoms with Crippen molar-refractivity contribution in [1.82, 2.24) is 9.13 Å². The number of fused-ring (bicyclic) bond motifs is 11. The summed E-state index contributed by atoms with van der Waals surface area (Å²) in [6.45, 7) is 0. The van der Waals surface area contributed by atoms with Crippen LogP contribution in [0.15, 0.2) is 170 Å². The molecule has 260 valence electrons. The molecule has 0 spiro atoms. The second kappa shape index (κ2) is 11.7. The number of nitrogens with one attached hydrogen (secondary N) is 1. The first kappa shape index (κ1) is 30.4. The molecule has 1 N–H and O–H groups in total. The van der Waals surface area contributed by atoms with Gasteiger partial charge in [0, 0.05) is 49.7 Å². The summed E-state index contributed by atoms with van der Waals surface area (Å²) in [7, 11) is 0. The van der Waals surface area contributed by atoms with Gasteiger partial charge in [-0.25, -0.2) is 0 Å². The van der Waals surface area contributed by atoms with Gasteiger partial charge in [0.2, 0.25) is 0 Å². The van der Waals surface area contributed by atoms with Crippen LogP contribution in [0.5, 0.6) is 5.75 Å². The zero-order valence-electron chi connectivity index (χ0n) is 30.0. The second-order valence-corrected chi connectivity index (χ2v) is 14.9. The van der Waals surface area contributed by atoms with Crippen LogP contribution in [0.4, 0.5) is 5.69 Å². The average molecular weight is 706 g/mol. The van der Waals surface area contributed by atoms with E-state index < -0.39 is 0 Å². The molecule has 0 bridgehead atoms. The van der Waals surface area contributed by atoms with Gasteiger partial charge in [-0.1, -0.05) is 115 Å². The average Bonchev–Trinajstić information content (AvgIpc) is 3.94. The number of nitrogens with zero attached hydrogens (tertiary/aromatic N) is 2. The lowest BCUT2D eigenvalue weighted by molar-refractivity contribution is 0.263. The Kier molecular flexibility index (Phi) is 6.49. The lowest BCUT2D eigenvalue weighted by Crippen LogP contribution is -2.09. The number of allylic oxidation sites excluding steroid dienone is 1. The lowest BCUT2D eigenvalue weighted by atomic mass is 9.98. The number of ether oxygens (including phenoxy) is 1. The van der Waals surface area contributed by atoms with E-state index in [2.05, 4.69) is 184 Å². The number of hydrogen-bond donors (Lipinski definition) is 1. The van der Waals surface area contributed by atoms with Gasteiger partial charge in [0.15, 0.2) is 12.0 Å². The van der Waals surface area contributed by atoms with Crippen LogP contribution in [0.25, 0.3) is 82.8 Å². The quantitative estimate of drug-likeness (QED) is 0.185. The molecule has 2 aliphatic rings. The Morgan fingerprint density at radius 2 is 1.24 bits per heavy atom. The Hall–Kier alpha value is -7.04. The summed E-state index contributed by atoms with van der Waals surface area (Å²) in [5.74, 6) is 0.925. The SMILES string of the molecule is C1=Cc2c(n(-c3ccc4c(ccc5ccc6c(c54)OC(c4ccccc4)N6)c3)c3ccc(-c4ccc5c(c4)c4ccccc4n5-c4ccccc4)cc23)CC1. The Balaban J connectivity index is 0.981. The highest BCUT2D eigenvalue weighted by molar-refractivity contribution is 6.14. The molecule has 1 aliphatic carbocycles. The van der Waals surface area contributed by atoms with Crippen LogP contribution in [0.2, 0.25) is 0 Å². The van der Waals surface area contributed by atoms with Gasteiger partial charge in [0.05, 0.1) is 22.2 Å². The molecule has 3 heterocycles. The van der Waals surface area contributed by atoms with Crippen molar-refractivity contribution in [1.29, 1.82) is 0 Å². The monoisotopic (exact) mass is 705 g/mol. The molecule has 12 rings (SSSR count). The normalized spacial score (nSPS) is 14.8. The standard InChI is InChI=1S/C51H35N3O/c1-3-11-33(12-4-1)51-52-44-26-21-32-19-20-36-29-38(24-25-39(36)49(32)50(44)55-51)54-46-18-10-8-16-41(46)43-31-35(23-28-48(43)54)34-22-27-47-42(30-34)40-15-7-9-17-45(40)53(47)37-13-5-2-6-14-37/h1-9,11-17,19-31,51-52H,10,18H2. The Morgan fingerprint density at radius 1 is 0.527 bits per heavy atom. The molecule has 2 aromatic heterocycles. The van der Waals surface area contributed by atoms with E-state index in [9.17, 15) is 0 Å². The van der Waals surface area contributed by atoms with Crippen molar-refractivity contribution in [3.63, 3.8) is 0 Å². The van der Waals surface area contributed by atoms with E-state index in [1.165, 1.54) is 82.6 Å². The smallest absolute Gasteiger partial charge is 0.196 e. The fraction of sp³-hybridized carbons (Fsp3) is 0.0588. The first-order valence-corrected chi connectivity index (χ1v) is 19.2. The minimum absolute atomic E-state index is 0.205. The first-order chi connectivity index (χ1) is 27.3. The van der Waals surface area contributed by atoms with Gasteiger partial charge in [-0.15, -0.1) is 0 Å². The van der Waals surface area contributed by atoms with Crippen molar-refractivity contribution >= 4 is 66.0 Å². The first-order valence-electron chi connectivity index (χ1n) is 19.2. The van der Waals surface area contributed by atoms with Crippen LogP contribution in [0, 0.1) is 0 Å². The molecule has 4 heteroatoms. The largest absolute Gasteiger partial charge is 0.464 e. The molecule has 1 atom stereocenters. The molecule has 10 aromatic rings. The van der Waals surface area contributed by atoms with Crippen molar-refractivity contribution in [3.05, 3.63) is 187 Å². The number of anilines is 1. The fourth-order valence-corrected chi connectivity index (χ4v) is 9.26. The van der Waals surface area contributed by atoms with Crippen LogP contribution in [0.1, 0.15) is 29.5 Å². The topological polar surface area (TPSA) is 31.1 Å². The fourth-order valence-electron chi connectivity index (χ4n) is 9.26. The van der Waals surface area contributed by atoms with E-state index in [0.717, 1.165) is 35.2 Å². The molecule has 0 amide bonds. The van der Waals surface area contributed by atoms with E-state index >= 15 is 0 Å². The Bertz CT molecular complexity index is 3210. The zero-order chi connectivity index (χ0) is 36.0. The van der Waals surface area contributed by atoms with Gasteiger partial charge < -0.3 is 19.2 Å². The Morgan fingerprint density at radius 3 is 2.09 bits per heavy atom. The molecule has 0 saturated carbocycles. The third-order valence-corrected chi connectivity index (χ3v) is 11.8. The van der Waals surface area contributed by atoms with E-state index in [4.69, 9.17) is 4.74 Å². The highest BCUT2D eigenvalue weighted by Crippen LogP contribution is 2.46. The summed E-state index contributed by atoms with van der Waals surface area (Å²) in [5.41, 5.74) is 13.3. The van der Waals surface area contributed by atoms with E-state index in [1.807, 2.05) is 6.07 Å². The summed E-state index contributed by atoms with van der Waals surface area (Å²) in [4.78, 5) is 0. The van der Waals surface area contributed by atoms with E-state index in [0.29, 0.717) is 0 Å². The molecule has 1 aliphatic heterocycles. The maximum atomic E-state index is 6.64. The number of para-hydroxylation sites is 2. The molecular weight excluding hydrogens is 671 g/mol. The summed E-state index contributed by atoms with van der Waals surface area (Å²) >= 11 is 0. The van der Waals surface area contributed by atoms with Crippen LogP contribution >= 0.6 is 0 Å². The molecule has 0 radical (unpaired) electrons. The van der Waals surface area contributed by atoms with Crippen molar-refractivity contribution < 1.29 is 4.74 Å². The third kappa shape index (κ3) is 4.58. The van der Waals surface area contributed by atoms with Crippen LogP contribution in [0.3, 0.4) is 0 Å². The van der Waals surface area contributed by atoms with Gasteiger partial charge in [0.1, 0.15) is 0 Å². The minimum atomic E-state index is -0.205. The summed E-state index contributed by atoms with van der Waals surface area (Å²) in [6, 6.07) is 59.6. The van der Waals surface area contributed by atoms with Gasteiger partial charge in [-0.3, -0.25) is 0 Å². The molecule has 0 saturated heterocycles.